The zero-order chi connectivity index (χ0) is 66.9. The van der Waals surface area contributed by atoms with Crippen molar-refractivity contribution in [1.82, 2.24) is 0 Å². The molecule has 21 aromatic rings. The van der Waals surface area contributed by atoms with E-state index in [0.717, 1.165) is 99.3 Å². The number of benzene rings is 19. The second kappa shape index (κ2) is 23.1. The maximum absolute atomic E-state index is 7.11. The van der Waals surface area contributed by atoms with Gasteiger partial charge in [-0.1, -0.05) is 322 Å². The van der Waals surface area contributed by atoms with E-state index in [1.165, 1.54) is 120 Å². The molecule has 0 saturated heterocycles. The summed E-state index contributed by atoms with van der Waals surface area (Å²) in [5.41, 5.74) is 24.5. The highest BCUT2D eigenvalue weighted by molar-refractivity contribution is 6.26. The molecule has 21 rings (SSSR count). The topological polar surface area (TPSA) is 26.3 Å². The number of furan rings is 2. The number of rotatable bonds is 9. The smallest absolute Gasteiger partial charge is 0.143 e. The molecular weight excluding hydrogens is 1230 g/mol. The maximum Gasteiger partial charge on any atom is 0.143 e. The first kappa shape index (κ1) is 57.6. The van der Waals surface area contributed by atoms with Crippen LogP contribution in [0.5, 0.6) is 0 Å². The number of hydrogen-bond donors (Lipinski definition) is 0. The van der Waals surface area contributed by atoms with Gasteiger partial charge < -0.3 is 8.83 Å². The van der Waals surface area contributed by atoms with Crippen LogP contribution in [0.25, 0.3) is 219 Å². The molecule has 0 fully saturated rings. The van der Waals surface area contributed by atoms with Crippen molar-refractivity contribution < 1.29 is 8.83 Å². The van der Waals surface area contributed by atoms with Gasteiger partial charge in [-0.05, 0) is 207 Å². The van der Waals surface area contributed by atoms with E-state index in [1.54, 1.807) is 0 Å². The van der Waals surface area contributed by atoms with Crippen LogP contribution in [0.1, 0.15) is 0 Å². The Balaban J connectivity index is 0.703. The first-order valence-corrected chi connectivity index (χ1v) is 35.2. The minimum Gasteiger partial charge on any atom is -0.455 e. The standard InChI is InChI=1S/C100H60O2/c1-2-24-63(25-3-1)95-81-36-12-13-37-82(81)96(91-60-69(49-52-85(91)95)74-40-20-43-88-78-34-16-17-45-93(78)101-99(74)88)70-29-18-28-67(57-70)73-53-54-77(76-33-10-9-32-75(73)76)87-42-21-44-89-90-58-66(50-55-94(90)102-100(87)89)65-48-51-86-92(59-65)98(79-35-11-8-31-72(79)68-47-46-61-22-4-5-26-64(61)56-68)84-39-15-14-38-83(84)97(86)80-41-19-27-62-23-6-7-30-71(62)80/h1-60H. The number of hydrogen-bond acceptors (Lipinski definition) is 2. The number of para-hydroxylation sites is 3. The predicted octanol–water partition coefficient (Wildman–Crippen LogP) is 28.6. The van der Waals surface area contributed by atoms with Crippen molar-refractivity contribution in [2.45, 2.75) is 0 Å². The summed E-state index contributed by atoms with van der Waals surface area (Å²) in [4.78, 5) is 0. The summed E-state index contributed by atoms with van der Waals surface area (Å²) in [6.07, 6.45) is 0. The molecule has 0 aliphatic rings. The van der Waals surface area contributed by atoms with Gasteiger partial charge in [0.2, 0.25) is 0 Å². The molecule has 0 amide bonds. The Morgan fingerprint density at radius 2 is 0.549 bits per heavy atom. The average molecular weight is 1290 g/mol. The van der Waals surface area contributed by atoms with Crippen molar-refractivity contribution in [2.24, 2.45) is 0 Å². The fraction of sp³-hybridized carbons (Fsp3) is 0. The molecule has 102 heavy (non-hydrogen) atoms. The Morgan fingerprint density at radius 1 is 0.137 bits per heavy atom. The Bertz CT molecular complexity index is 7060. The zero-order valence-electron chi connectivity index (χ0n) is 55.5. The lowest BCUT2D eigenvalue weighted by Crippen LogP contribution is -1.94. The van der Waals surface area contributed by atoms with Gasteiger partial charge in [0.05, 0.1) is 0 Å². The fourth-order valence-electron chi connectivity index (χ4n) is 17.1. The van der Waals surface area contributed by atoms with Gasteiger partial charge in [-0.3, -0.25) is 0 Å². The molecule has 0 aliphatic carbocycles. The summed E-state index contributed by atoms with van der Waals surface area (Å²) >= 11 is 0. The second-order valence-corrected chi connectivity index (χ2v) is 27.2. The molecule has 0 spiro atoms. The van der Waals surface area contributed by atoms with E-state index >= 15 is 0 Å². The van der Waals surface area contributed by atoms with Crippen molar-refractivity contribution in [3.63, 3.8) is 0 Å². The molecule has 0 bridgehead atoms. The van der Waals surface area contributed by atoms with Crippen molar-refractivity contribution in [1.29, 1.82) is 0 Å². The third-order valence-corrected chi connectivity index (χ3v) is 21.6. The molecule has 2 aromatic heterocycles. The Hall–Kier alpha value is -13.4. The van der Waals surface area contributed by atoms with E-state index in [9.17, 15) is 0 Å². The summed E-state index contributed by atoms with van der Waals surface area (Å²) < 4.78 is 13.8. The van der Waals surface area contributed by atoms with Crippen LogP contribution in [0.3, 0.4) is 0 Å². The molecule has 2 heterocycles. The first-order chi connectivity index (χ1) is 50.6. The minimum atomic E-state index is 0.851. The molecule has 472 valence electrons. The van der Waals surface area contributed by atoms with Crippen LogP contribution >= 0.6 is 0 Å². The van der Waals surface area contributed by atoms with Crippen molar-refractivity contribution in [3.8, 4) is 100 Å². The molecule has 0 N–H and O–H groups in total. The van der Waals surface area contributed by atoms with Crippen molar-refractivity contribution >= 4 is 119 Å². The van der Waals surface area contributed by atoms with E-state index in [0.29, 0.717) is 0 Å². The maximum atomic E-state index is 7.11. The van der Waals surface area contributed by atoms with Crippen LogP contribution in [0.2, 0.25) is 0 Å². The summed E-state index contributed by atoms with van der Waals surface area (Å²) in [5, 5.41) is 21.3. The summed E-state index contributed by atoms with van der Waals surface area (Å²) in [6.45, 7) is 0. The number of fused-ring (bicyclic) bond motifs is 13. The lowest BCUT2D eigenvalue weighted by molar-refractivity contribution is 0.669. The van der Waals surface area contributed by atoms with Crippen molar-refractivity contribution in [2.75, 3.05) is 0 Å². The molecule has 0 atom stereocenters. The Kier molecular flexibility index (Phi) is 13.1. The van der Waals surface area contributed by atoms with E-state index in [-0.39, 0.29) is 0 Å². The van der Waals surface area contributed by atoms with Gasteiger partial charge >= 0.3 is 0 Å². The minimum absolute atomic E-state index is 0.851. The van der Waals surface area contributed by atoms with Gasteiger partial charge in [0.15, 0.2) is 0 Å². The van der Waals surface area contributed by atoms with Crippen LogP contribution in [-0.4, -0.2) is 0 Å². The Morgan fingerprint density at radius 3 is 1.32 bits per heavy atom. The molecule has 19 aromatic carbocycles. The van der Waals surface area contributed by atoms with Gasteiger partial charge in [0.25, 0.3) is 0 Å². The molecular formula is C100H60O2. The highest BCUT2D eigenvalue weighted by atomic mass is 16.3. The second-order valence-electron chi connectivity index (χ2n) is 27.2. The van der Waals surface area contributed by atoms with E-state index in [1.807, 2.05) is 6.07 Å². The zero-order valence-corrected chi connectivity index (χ0v) is 55.5. The first-order valence-electron chi connectivity index (χ1n) is 35.2. The third-order valence-electron chi connectivity index (χ3n) is 21.6. The normalized spacial score (nSPS) is 11.9. The monoisotopic (exact) mass is 1290 g/mol. The van der Waals surface area contributed by atoms with E-state index < -0.39 is 0 Å². The van der Waals surface area contributed by atoms with Crippen LogP contribution in [0.15, 0.2) is 373 Å². The van der Waals surface area contributed by atoms with Gasteiger partial charge in [-0.25, -0.2) is 0 Å². The predicted molar refractivity (Wildman–Crippen MR) is 432 cm³/mol. The summed E-state index contributed by atoms with van der Waals surface area (Å²) in [6, 6.07) is 134. The highest BCUT2D eigenvalue weighted by Crippen LogP contribution is 2.52. The summed E-state index contributed by atoms with van der Waals surface area (Å²) in [7, 11) is 0. The third kappa shape index (κ3) is 9.06. The Labute approximate surface area is 588 Å². The average Bonchev–Trinajstić information content (AvgIpc) is 0.817. The molecule has 0 aliphatic heterocycles. The summed E-state index contributed by atoms with van der Waals surface area (Å²) in [5.74, 6) is 0. The largest absolute Gasteiger partial charge is 0.455 e. The van der Waals surface area contributed by atoms with Gasteiger partial charge in [0.1, 0.15) is 22.3 Å². The molecule has 2 nitrogen and oxygen atoms in total. The van der Waals surface area contributed by atoms with Crippen LogP contribution in [0, 0.1) is 0 Å². The lowest BCUT2D eigenvalue weighted by atomic mass is 9.82. The van der Waals surface area contributed by atoms with Gasteiger partial charge in [-0.2, -0.15) is 0 Å². The van der Waals surface area contributed by atoms with Crippen LogP contribution in [0.4, 0.5) is 0 Å². The SMILES string of the molecule is c1ccc(-c2c3ccccc3c(-c3cccc(-c4ccc(-c5cccc6c5oc5ccc(-c7ccc8c(-c9cccc%10ccccc9%10)c9ccccc9c(-c9ccccc9-c9ccc%10ccccc%10c9)c8c7)cc56)c5ccccc45)c3)c3cc(-c4cccc5c4oc4ccccc45)ccc23)cc1. The quantitative estimate of drug-likeness (QED) is 0.135. The highest BCUT2D eigenvalue weighted by Gasteiger charge is 2.25. The van der Waals surface area contributed by atoms with E-state index in [2.05, 4.69) is 358 Å². The van der Waals surface area contributed by atoms with Gasteiger partial charge in [-0.15, -0.1) is 0 Å². The molecule has 0 saturated carbocycles. The molecule has 0 radical (unpaired) electrons. The van der Waals surface area contributed by atoms with Crippen LogP contribution < -0.4 is 0 Å². The molecule has 0 unspecified atom stereocenters. The van der Waals surface area contributed by atoms with E-state index in [4.69, 9.17) is 8.83 Å². The van der Waals surface area contributed by atoms with Gasteiger partial charge in [0, 0.05) is 32.7 Å². The van der Waals surface area contributed by atoms with Crippen molar-refractivity contribution in [3.05, 3.63) is 364 Å². The fourth-order valence-corrected chi connectivity index (χ4v) is 17.1. The van der Waals surface area contributed by atoms with Crippen LogP contribution in [-0.2, 0) is 0 Å². The molecule has 2 heteroatoms. The lowest BCUT2D eigenvalue weighted by Gasteiger charge is -2.21.